The number of hydrogen-bond acceptors (Lipinski definition) is 3. The highest BCUT2D eigenvalue weighted by Gasteiger charge is 2.52. The average Bonchev–Trinajstić information content (AvgIpc) is 3.09. The summed E-state index contributed by atoms with van der Waals surface area (Å²) in [6.45, 7) is 9.67. The van der Waals surface area contributed by atoms with Gasteiger partial charge in [-0.1, -0.05) is 13.0 Å². The van der Waals surface area contributed by atoms with Crippen LogP contribution in [0.25, 0.3) is 0 Å². The molecule has 1 heterocycles. The Balaban J connectivity index is 1.97. The largest absolute Gasteiger partial charge is 0.573 e. The average molecular weight is 342 g/mol. The number of benzene rings is 1. The van der Waals surface area contributed by atoms with Gasteiger partial charge in [0.1, 0.15) is 5.75 Å². The second kappa shape index (κ2) is 5.15. The van der Waals surface area contributed by atoms with Crippen LogP contribution in [0, 0.1) is 0 Å². The molecule has 24 heavy (non-hydrogen) atoms. The zero-order valence-electron chi connectivity index (χ0n) is 14.6. The van der Waals surface area contributed by atoms with Gasteiger partial charge in [-0.2, -0.15) is 0 Å². The lowest BCUT2D eigenvalue weighted by molar-refractivity contribution is -0.274. The Labute approximate surface area is 140 Å². The Morgan fingerprint density at radius 3 is 1.96 bits per heavy atom. The van der Waals surface area contributed by atoms with Gasteiger partial charge < -0.3 is 14.0 Å². The number of rotatable bonds is 3. The molecule has 0 atom stereocenters. The third-order valence-electron chi connectivity index (χ3n) is 5.38. The first-order valence-corrected chi connectivity index (χ1v) is 8.08. The van der Waals surface area contributed by atoms with Crippen molar-refractivity contribution >= 4 is 12.6 Å². The minimum atomic E-state index is -4.73. The number of hydrogen-bond donors (Lipinski definition) is 0. The summed E-state index contributed by atoms with van der Waals surface area (Å²) in [6, 6.07) is 4.69. The van der Waals surface area contributed by atoms with E-state index in [-0.39, 0.29) is 11.2 Å². The van der Waals surface area contributed by atoms with Gasteiger partial charge in [-0.15, -0.1) is 13.2 Å². The van der Waals surface area contributed by atoms with Crippen molar-refractivity contribution in [2.24, 2.45) is 0 Å². The highest BCUT2D eigenvalue weighted by molar-refractivity contribution is 6.62. The van der Waals surface area contributed by atoms with E-state index in [1.807, 2.05) is 40.7 Å². The van der Waals surface area contributed by atoms with Crippen molar-refractivity contribution in [3.8, 4) is 5.75 Å². The second-order valence-electron chi connectivity index (χ2n) is 7.99. The van der Waals surface area contributed by atoms with Crippen LogP contribution in [-0.2, 0) is 14.7 Å². The lowest BCUT2D eigenvalue weighted by Crippen LogP contribution is -2.41. The fourth-order valence-corrected chi connectivity index (χ4v) is 2.75. The lowest BCUT2D eigenvalue weighted by Gasteiger charge is -2.32. The van der Waals surface area contributed by atoms with E-state index in [0.29, 0.717) is 5.46 Å². The molecule has 0 unspecified atom stereocenters. The van der Waals surface area contributed by atoms with Crippen LogP contribution in [-0.4, -0.2) is 24.7 Å². The molecular weight excluding hydrogens is 320 g/mol. The highest BCUT2D eigenvalue weighted by Crippen LogP contribution is 2.48. The van der Waals surface area contributed by atoms with Crippen molar-refractivity contribution in [2.75, 3.05) is 0 Å². The van der Waals surface area contributed by atoms with Crippen molar-refractivity contribution in [3.63, 3.8) is 0 Å². The predicted molar refractivity (Wildman–Crippen MR) is 85.4 cm³/mol. The summed E-state index contributed by atoms with van der Waals surface area (Å²) in [6.07, 6.45) is -2.83. The maximum absolute atomic E-state index is 12.7. The molecule has 1 aliphatic carbocycles. The van der Waals surface area contributed by atoms with E-state index < -0.39 is 24.7 Å². The molecule has 1 saturated heterocycles. The summed E-state index contributed by atoms with van der Waals surface area (Å²) < 4.78 is 54.1. The van der Waals surface area contributed by atoms with Crippen LogP contribution in [0.1, 0.15) is 53.0 Å². The molecule has 1 aromatic carbocycles. The molecule has 3 nitrogen and oxygen atoms in total. The number of halogens is 3. The molecule has 2 fully saturated rings. The summed E-state index contributed by atoms with van der Waals surface area (Å²) in [4.78, 5) is 0. The maximum atomic E-state index is 12.7. The summed E-state index contributed by atoms with van der Waals surface area (Å²) in [5, 5.41) is 0. The first-order chi connectivity index (χ1) is 10.8. The van der Waals surface area contributed by atoms with Crippen molar-refractivity contribution in [3.05, 3.63) is 23.8 Å². The maximum Gasteiger partial charge on any atom is 0.573 e. The molecule has 1 aliphatic heterocycles. The van der Waals surface area contributed by atoms with Crippen molar-refractivity contribution in [2.45, 2.75) is 70.4 Å². The van der Waals surface area contributed by atoms with Crippen molar-refractivity contribution < 1.29 is 27.2 Å². The molecule has 0 bridgehead atoms. The van der Waals surface area contributed by atoms with E-state index in [1.54, 1.807) is 0 Å². The number of ether oxygens (including phenoxy) is 1. The first-order valence-electron chi connectivity index (χ1n) is 8.08. The Morgan fingerprint density at radius 2 is 1.50 bits per heavy atom. The smallest absolute Gasteiger partial charge is 0.406 e. The molecule has 3 rings (SSSR count). The Hall–Kier alpha value is -1.21. The van der Waals surface area contributed by atoms with Crippen molar-refractivity contribution in [1.82, 2.24) is 0 Å². The van der Waals surface area contributed by atoms with Gasteiger partial charge in [0, 0.05) is 0 Å². The van der Waals surface area contributed by atoms with Crippen LogP contribution < -0.4 is 10.2 Å². The van der Waals surface area contributed by atoms with Crippen LogP contribution in [0.5, 0.6) is 5.75 Å². The molecule has 0 radical (unpaired) electrons. The van der Waals surface area contributed by atoms with E-state index in [0.717, 1.165) is 18.4 Å². The fraction of sp³-hybridized carbons (Fsp3) is 0.647. The monoisotopic (exact) mass is 342 g/mol. The molecule has 0 aromatic heterocycles. The molecule has 2 aliphatic rings. The molecule has 0 amide bonds. The predicted octanol–water partition coefficient (Wildman–Crippen LogP) is 3.94. The summed E-state index contributed by atoms with van der Waals surface area (Å²) in [7, 11) is -0.715. The topological polar surface area (TPSA) is 27.7 Å². The molecular formula is C17H22BF3O3. The van der Waals surface area contributed by atoms with E-state index >= 15 is 0 Å². The van der Waals surface area contributed by atoms with Gasteiger partial charge in [0.15, 0.2) is 0 Å². The van der Waals surface area contributed by atoms with Crippen LogP contribution in [0.4, 0.5) is 13.2 Å². The molecule has 1 saturated carbocycles. The van der Waals surface area contributed by atoms with Gasteiger partial charge in [0.05, 0.1) is 11.2 Å². The summed E-state index contributed by atoms with van der Waals surface area (Å²) in [5.41, 5.74) is 0.181. The van der Waals surface area contributed by atoms with Gasteiger partial charge in [-0.3, -0.25) is 0 Å². The minimum Gasteiger partial charge on any atom is -0.406 e. The van der Waals surface area contributed by atoms with Gasteiger partial charge in [0.2, 0.25) is 0 Å². The Bertz CT molecular complexity index is 635. The van der Waals surface area contributed by atoms with Gasteiger partial charge in [-0.25, -0.2) is 0 Å². The van der Waals surface area contributed by atoms with Gasteiger partial charge in [-0.05, 0) is 69.1 Å². The number of alkyl halides is 3. The normalized spacial score (nSPS) is 24.1. The van der Waals surface area contributed by atoms with Crippen LogP contribution in [0.15, 0.2) is 18.2 Å². The zero-order valence-corrected chi connectivity index (χ0v) is 14.6. The molecule has 0 N–H and O–H groups in total. The third kappa shape index (κ3) is 3.29. The Morgan fingerprint density at radius 1 is 0.958 bits per heavy atom. The van der Waals surface area contributed by atoms with E-state index in [4.69, 9.17) is 9.31 Å². The van der Waals surface area contributed by atoms with Crippen molar-refractivity contribution in [1.29, 1.82) is 0 Å². The SMILES string of the molecule is CC1(c2cc(OC(F)(F)F)cc(B3OC(C)(C)C(C)(C)O3)c2)CC1. The van der Waals surface area contributed by atoms with E-state index in [9.17, 15) is 13.2 Å². The summed E-state index contributed by atoms with van der Waals surface area (Å²) in [5.74, 6) is -0.224. The zero-order chi connectivity index (χ0) is 18.0. The molecule has 1 aromatic rings. The second-order valence-corrected chi connectivity index (χ2v) is 7.99. The minimum absolute atomic E-state index is 0.0939. The lowest BCUT2D eigenvalue weighted by atomic mass is 9.77. The van der Waals surface area contributed by atoms with Crippen LogP contribution >= 0.6 is 0 Å². The van der Waals surface area contributed by atoms with Gasteiger partial charge >= 0.3 is 13.5 Å². The molecule has 0 spiro atoms. The van der Waals surface area contributed by atoms with E-state index in [1.165, 1.54) is 12.1 Å². The highest BCUT2D eigenvalue weighted by atomic mass is 19.4. The quantitative estimate of drug-likeness (QED) is 0.779. The molecule has 132 valence electrons. The first kappa shape index (κ1) is 17.6. The van der Waals surface area contributed by atoms with Crippen LogP contribution in [0.2, 0.25) is 0 Å². The van der Waals surface area contributed by atoms with Crippen LogP contribution in [0.3, 0.4) is 0 Å². The summed E-state index contributed by atoms with van der Waals surface area (Å²) >= 11 is 0. The van der Waals surface area contributed by atoms with Gasteiger partial charge in [0.25, 0.3) is 0 Å². The van der Waals surface area contributed by atoms with E-state index in [2.05, 4.69) is 4.74 Å². The Kier molecular flexibility index (Phi) is 3.78. The molecule has 7 heteroatoms. The third-order valence-corrected chi connectivity index (χ3v) is 5.38. The fourth-order valence-electron chi connectivity index (χ4n) is 2.75. The standard InChI is InChI=1S/C17H22BF3O3/c1-14(2)15(3,4)24-18(23-14)12-8-11(16(5)6-7-16)9-13(10-12)22-17(19,20)21/h8-10H,6-7H2,1-5H3.